The summed E-state index contributed by atoms with van der Waals surface area (Å²) in [5.74, 6) is -1.97. The fraction of sp³-hybridized carbons (Fsp3) is 0.273. The first-order valence-electron chi connectivity index (χ1n) is 4.62. The number of carboxylic acids is 1. The highest BCUT2D eigenvalue weighted by atomic mass is 79.9. The van der Waals surface area contributed by atoms with Crippen LogP contribution in [0.3, 0.4) is 0 Å². The molecule has 92 valence electrons. The normalized spacial score (nSPS) is 9.88. The Morgan fingerprint density at radius 2 is 1.88 bits per heavy atom. The van der Waals surface area contributed by atoms with Gasteiger partial charge in [-0.1, -0.05) is 0 Å². The van der Waals surface area contributed by atoms with Crippen molar-refractivity contribution in [3.05, 3.63) is 21.7 Å². The fourth-order valence-corrected chi connectivity index (χ4v) is 1.97. The molecule has 0 unspecified atom stereocenters. The Morgan fingerprint density at radius 1 is 1.29 bits per heavy atom. The SMILES string of the molecule is COc1cc(C(=O)C(=O)O)c(OC)c(Br)c1C. The summed E-state index contributed by atoms with van der Waals surface area (Å²) in [7, 11) is 2.81. The minimum Gasteiger partial charge on any atom is -0.496 e. The number of aliphatic carboxylic acids is 1. The van der Waals surface area contributed by atoms with Crippen LogP contribution in [0.1, 0.15) is 15.9 Å². The molecule has 0 heterocycles. The number of ether oxygens (including phenoxy) is 2. The molecule has 1 aromatic rings. The van der Waals surface area contributed by atoms with Gasteiger partial charge < -0.3 is 14.6 Å². The fourth-order valence-electron chi connectivity index (χ4n) is 1.40. The molecule has 0 bridgehead atoms. The van der Waals surface area contributed by atoms with E-state index in [-0.39, 0.29) is 11.3 Å². The summed E-state index contributed by atoms with van der Waals surface area (Å²) < 4.78 is 10.6. The van der Waals surface area contributed by atoms with E-state index in [2.05, 4.69) is 15.9 Å². The third-order valence-corrected chi connectivity index (χ3v) is 3.24. The second-order valence-corrected chi connectivity index (χ2v) is 4.03. The van der Waals surface area contributed by atoms with E-state index in [0.29, 0.717) is 10.2 Å². The average Bonchev–Trinajstić information content (AvgIpc) is 2.31. The van der Waals surface area contributed by atoms with Crippen LogP contribution in [0.5, 0.6) is 11.5 Å². The van der Waals surface area contributed by atoms with Crippen molar-refractivity contribution in [3.8, 4) is 11.5 Å². The number of ketones is 1. The smallest absolute Gasteiger partial charge is 0.377 e. The molecule has 0 fully saturated rings. The van der Waals surface area contributed by atoms with E-state index >= 15 is 0 Å². The van der Waals surface area contributed by atoms with Crippen molar-refractivity contribution in [1.29, 1.82) is 0 Å². The summed E-state index contributed by atoms with van der Waals surface area (Å²) in [6.45, 7) is 1.76. The molecule has 1 rings (SSSR count). The number of methoxy groups -OCH3 is 2. The first-order valence-corrected chi connectivity index (χ1v) is 5.42. The predicted molar refractivity (Wildman–Crippen MR) is 63.9 cm³/mol. The quantitative estimate of drug-likeness (QED) is 0.680. The summed E-state index contributed by atoms with van der Waals surface area (Å²) in [6, 6.07) is 1.36. The largest absolute Gasteiger partial charge is 0.496 e. The predicted octanol–water partition coefficient (Wildman–Crippen LogP) is 2.04. The lowest BCUT2D eigenvalue weighted by Gasteiger charge is -2.13. The minimum absolute atomic E-state index is 0.0469. The van der Waals surface area contributed by atoms with E-state index in [4.69, 9.17) is 14.6 Å². The number of Topliss-reactive ketones (excluding diaryl/α,β-unsaturated/α-hetero) is 1. The van der Waals surface area contributed by atoms with Crippen LogP contribution in [-0.2, 0) is 4.79 Å². The Kier molecular flexibility index (Phi) is 4.11. The number of hydrogen-bond donors (Lipinski definition) is 1. The number of rotatable bonds is 4. The van der Waals surface area contributed by atoms with Gasteiger partial charge in [0.15, 0.2) is 0 Å². The maximum atomic E-state index is 11.5. The molecule has 1 N–H and O–H groups in total. The van der Waals surface area contributed by atoms with Gasteiger partial charge in [-0.3, -0.25) is 4.79 Å². The third kappa shape index (κ3) is 2.41. The van der Waals surface area contributed by atoms with Crippen molar-refractivity contribution in [2.45, 2.75) is 6.92 Å². The molecular formula is C11H11BrO5. The lowest BCUT2D eigenvalue weighted by molar-refractivity contribution is -0.131. The molecule has 1 aromatic carbocycles. The van der Waals surface area contributed by atoms with Gasteiger partial charge >= 0.3 is 5.97 Å². The van der Waals surface area contributed by atoms with Crippen molar-refractivity contribution in [2.24, 2.45) is 0 Å². The monoisotopic (exact) mass is 302 g/mol. The number of hydrogen-bond acceptors (Lipinski definition) is 4. The summed E-state index contributed by atoms with van der Waals surface area (Å²) in [6.07, 6.45) is 0. The second-order valence-electron chi connectivity index (χ2n) is 3.23. The van der Waals surface area contributed by atoms with Crippen LogP contribution in [-0.4, -0.2) is 31.1 Å². The van der Waals surface area contributed by atoms with Gasteiger partial charge in [0.25, 0.3) is 5.78 Å². The second kappa shape index (κ2) is 5.18. The van der Waals surface area contributed by atoms with Crippen LogP contribution in [0.25, 0.3) is 0 Å². The lowest BCUT2D eigenvalue weighted by atomic mass is 10.1. The number of benzene rings is 1. The van der Waals surface area contributed by atoms with E-state index in [1.54, 1.807) is 6.92 Å². The molecule has 0 atom stereocenters. The van der Waals surface area contributed by atoms with E-state index in [0.717, 1.165) is 5.56 Å². The van der Waals surface area contributed by atoms with Crippen LogP contribution in [0.15, 0.2) is 10.5 Å². The highest BCUT2D eigenvalue weighted by Crippen LogP contribution is 2.38. The topological polar surface area (TPSA) is 72.8 Å². The average molecular weight is 303 g/mol. The standard InChI is InChI=1S/C11H11BrO5/c1-5-7(16-2)4-6(9(13)11(14)15)10(17-3)8(5)12/h4H,1-3H3,(H,14,15). The first-order chi connectivity index (χ1) is 7.93. The highest BCUT2D eigenvalue weighted by molar-refractivity contribution is 9.10. The summed E-state index contributed by atoms with van der Waals surface area (Å²) in [5, 5.41) is 8.72. The van der Waals surface area contributed by atoms with Gasteiger partial charge in [-0.05, 0) is 28.9 Å². The van der Waals surface area contributed by atoms with Gasteiger partial charge in [-0.15, -0.1) is 0 Å². The van der Waals surface area contributed by atoms with E-state index in [9.17, 15) is 9.59 Å². The Bertz CT molecular complexity index is 481. The van der Waals surface area contributed by atoms with Gasteiger partial charge in [0, 0.05) is 5.56 Å². The van der Waals surface area contributed by atoms with Crippen LogP contribution < -0.4 is 9.47 Å². The first kappa shape index (κ1) is 13.5. The van der Waals surface area contributed by atoms with Crippen LogP contribution >= 0.6 is 15.9 Å². The Hall–Kier alpha value is -1.56. The molecular weight excluding hydrogens is 292 g/mol. The van der Waals surface area contributed by atoms with Gasteiger partial charge in [-0.2, -0.15) is 0 Å². The maximum absolute atomic E-state index is 11.5. The Labute approximate surface area is 106 Å². The van der Waals surface area contributed by atoms with Crippen molar-refractivity contribution in [3.63, 3.8) is 0 Å². The van der Waals surface area contributed by atoms with Crippen molar-refractivity contribution < 1.29 is 24.2 Å². The third-order valence-electron chi connectivity index (χ3n) is 2.28. The maximum Gasteiger partial charge on any atom is 0.377 e. The molecule has 17 heavy (non-hydrogen) atoms. The molecule has 0 radical (unpaired) electrons. The van der Waals surface area contributed by atoms with E-state index in [1.165, 1.54) is 20.3 Å². The summed E-state index contributed by atoms with van der Waals surface area (Å²) >= 11 is 3.25. The van der Waals surface area contributed by atoms with Crippen LogP contribution in [0, 0.1) is 6.92 Å². The van der Waals surface area contributed by atoms with E-state index in [1.807, 2.05) is 0 Å². The molecule has 5 nitrogen and oxygen atoms in total. The van der Waals surface area contributed by atoms with Crippen LogP contribution in [0.2, 0.25) is 0 Å². The van der Waals surface area contributed by atoms with Gasteiger partial charge in [-0.25, -0.2) is 4.79 Å². The minimum atomic E-state index is -1.54. The highest BCUT2D eigenvalue weighted by Gasteiger charge is 2.24. The molecule has 0 aliphatic carbocycles. The molecule has 0 aliphatic rings. The summed E-state index contributed by atoms with van der Waals surface area (Å²) in [4.78, 5) is 22.2. The Balaban J connectivity index is 3.53. The zero-order chi connectivity index (χ0) is 13.2. The zero-order valence-electron chi connectivity index (χ0n) is 9.54. The molecule has 0 saturated heterocycles. The van der Waals surface area contributed by atoms with Gasteiger partial charge in [0.05, 0.1) is 24.3 Å². The number of carboxylic acid groups (broad SMARTS) is 1. The van der Waals surface area contributed by atoms with E-state index < -0.39 is 11.8 Å². The van der Waals surface area contributed by atoms with Crippen molar-refractivity contribution >= 4 is 27.7 Å². The Morgan fingerprint density at radius 3 is 2.29 bits per heavy atom. The summed E-state index contributed by atoms with van der Waals surface area (Å²) in [5.41, 5.74) is 0.681. The zero-order valence-corrected chi connectivity index (χ0v) is 11.1. The molecule has 0 aliphatic heterocycles. The molecule has 0 saturated carbocycles. The van der Waals surface area contributed by atoms with Crippen molar-refractivity contribution in [2.75, 3.05) is 14.2 Å². The lowest BCUT2D eigenvalue weighted by Crippen LogP contribution is -2.14. The van der Waals surface area contributed by atoms with Crippen LogP contribution in [0.4, 0.5) is 0 Å². The molecule has 0 aromatic heterocycles. The number of carbonyl (C=O) groups is 2. The number of carbonyl (C=O) groups excluding carboxylic acids is 1. The molecule has 6 heteroatoms. The molecule has 0 spiro atoms. The van der Waals surface area contributed by atoms with Gasteiger partial charge in [0.1, 0.15) is 11.5 Å². The molecule has 0 amide bonds. The van der Waals surface area contributed by atoms with Gasteiger partial charge in [0.2, 0.25) is 0 Å². The number of halogens is 1. The van der Waals surface area contributed by atoms with Crippen molar-refractivity contribution in [1.82, 2.24) is 0 Å².